The van der Waals surface area contributed by atoms with E-state index in [1.165, 1.54) is 44.9 Å². The summed E-state index contributed by atoms with van der Waals surface area (Å²) in [4.78, 5) is 0. The van der Waals surface area contributed by atoms with E-state index in [2.05, 4.69) is 5.32 Å². The smallest absolute Gasteiger partial charge is 0.129 e. The third-order valence-corrected chi connectivity index (χ3v) is 5.26. The third-order valence-electron chi connectivity index (χ3n) is 5.26. The fourth-order valence-corrected chi connectivity index (χ4v) is 4.11. The number of rotatable bonds is 7. The quantitative estimate of drug-likeness (QED) is 0.767. The van der Waals surface area contributed by atoms with Gasteiger partial charge in [-0.15, -0.1) is 0 Å². The fourth-order valence-electron chi connectivity index (χ4n) is 4.11. The van der Waals surface area contributed by atoms with Crippen molar-refractivity contribution in [1.82, 2.24) is 5.32 Å². The van der Waals surface area contributed by atoms with E-state index in [0.29, 0.717) is 6.61 Å². The first-order valence-electron chi connectivity index (χ1n) is 8.75. The van der Waals surface area contributed by atoms with Gasteiger partial charge in [-0.2, -0.15) is 0 Å². The molecule has 2 fully saturated rings. The van der Waals surface area contributed by atoms with Crippen molar-refractivity contribution in [3.05, 3.63) is 24.2 Å². The van der Waals surface area contributed by atoms with Gasteiger partial charge in [-0.25, -0.2) is 0 Å². The summed E-state index contributed by atoms with van der Waals surface area (Å²) < 4.78 is 10.9. The first-order valence-corrected chi connectivity index (χ1v) is 8.75. The highest BCUT2D eigenvalue weighted by Crippen LogP contribution is 2.40. The Kier molecular flexibility index (Phi) is 5.75. The van der Waals surface area contributed by atoms with Gasteiger partial charge in [0, 0.05) is 12.6 Å². The summed E-state index contributed by atoms with van der Waals surface area (Å²) >= 11 is 0. The zero-order valence-corrected chi connectivity index (χ0v) is 13.1. The molecule has 2 aliphatic rings. The van der Waals surface area contributed by atoms with Crippen LogP contribution in [0.2, 0.25) is 0 Å². The van der Waals surface area contributed by atoms with Crippen molar-refractivity contribution in [3.8, 4) is 0 Å². The van der Waals surface area contributed by atoms with Crippen LogP contribution in [0.15, 0.2) is 22.8 Å². The molecule has 2 saturated carbocycles. The van der Waals surface area contributed by atoms with Crippen molar-refractivity contribution in [3.63, 3.8) is 0 Å². The second-order valence-electron chi connectivity index (χ2n) is 6.75. The Morgan fingerprint density at radius 1 is 1.14 bits per heavy atom. The van der Waals surface area contributed by atoms with Crippen LogP contribution in [0.5, 0.6) is 0 Å². The van der Waals surface area contributed by atoms with E-state index < -0.39 is 0 Å². The van der Waals surface area contributed by atoms with Crippen LogP contribution in [0.4, 0.5) is 0 Å². The monoisotopic (exact) mass is 291 g/mol. The maximum Gasteiger partial charge on any atom is 0.129 e. The van der Waals surface area contributed by atoms with E-state index >= 15 is 0 Å². The minimum atomic E-state index is 0.597. The number of nitrogens with one attached hydrogen (secondary N) is 1. The average molecular weight is 291 g/mol. The van der Waals surface area contributed by atoms with Crippen LogP contribution >= 0.6 is 0 Å². The van der Waals surface area contributed by atoms with Crippen molar-refractivity contribution >= 4 is 0 Å². The molecule has 0 bridgehead atoms. The van der Waals surface area contributed by atoms with Crippen molar-refractivity contribution in [2.45, 2.75) is 64.0 Å². The summed E-state index contributed by atoms with van der Waals surface area (Å²) in [6, 6.07) is 4.62. The second kappa shape index (κ2) is 8.00. The first-order chi connectivity index (χ1) is 10.4. The molecule has 0 amide bonds. The minimum absolute atomic E-state index is 0.597. The molecule has 21 heavy (non-hydrogen) atoms. The summed E-state index contributed by atoms with van der Waals surface area (Å²) in [5.41, 5.74) is 0. The molecule has 3 nitrogen and oxygen atoms in total. The molecule has 3 atom stereocenters. The summed E-state index contributed by atoms with van der Waals surface area (Å²) in [5, 5.41) is 3.74. The van der Waals surface area contributed by atoms with Crippen molar-refractivity contribution in [2.24, 2.45) is 11.8 Å². The molecule has 0 saturated heterocycles. The van der Waals surface area contributed by atoms with Crippen molar-refractivity contribution in [2.75, 3.05) is 13.2 Å². The molecule has 1 N–H and O–H groups in total. The molecule has 118 valence electrons. The largest absolute Gasteiger partial charge is 0.467 e. The SMILES string of the molecule is c1coc(COCCCNC2CCC3CCCCC3C2)c1. The van der Waals surface area contributed by atoms with Gasteiger partial charge in [0.05, 0.1) is 6.26 Å². The summed E-state index contributed by atoms with van der Waals surface area (Å²) in [6.07, 6.45) is 13.0. The van der Waals surface area contributed by atoms with E-state index in [9.17, 15) is 0 Å². The van der Waals surface area contributed by atoms with Gasteiger partial charge in [-0.05, 0) is 56.2 Å². The van der Waals surface area contributed by atoms with Crippen LogP contribution in [0.25, 0.3) is 0 Å². The van der Waals surface area contributed by atoms with E-state index in [-0.39, 0.29) is 0 Å². The predicted molar refractivity (Wildman–Crippen MR) is 84.1 cm³/mol. The third kappa shape index (κ3) is 4.58. The summed E-state index contributed by atoms with van der Waals surface area (Å²) in [7, 11) is 0. The summed E-state index contributed by atoms with van der Waals surface area (Å²) in [5.74, 6) is 2.98. The van der Waals surface area contributed by atoms with Gasteiger partial charge in [0.1, 0.15) is 12.4 Å². The highest BCUT2D eigenvalue weighted by molar-refractivity contribution is 4.96. The molecular weight excluding hydrogens is 262 g/mol. The molecule has 1 aromatic heterocycles. The lowest BCUT2D eigenvalue weighted by Crippen LogP contribution is -2.39. The van der Waals surface area contributed by atoms with Gasteiger partial charge < -0.3 is 14.5 Å². The lowest BCUT2D eigenvalue weighted by molar-refractivity contribution is 0.101. The Labute approximate surface area is 128 Å². The van der Waals surface area contributed by atoms with Gasteiger partial charge in [-0.1, -0.05) is 25.7 Å². The highest BCUT2D eigenvalue weighted by atomic mass is 16.5. The molecule has 0 aliphatic heterocycles. The minimum Gasteiger partial charge on any atom is -0.467 e. The highest BCUT2D eigenvalue weighted by Gasteiger charge is 2.31. The van der Waals surface area contributed by atoms with Gasteiger partial charge in [0.15, 0.2) is 0 Å². The van der Waals surface area contributed by atoms with Crippen molar-refractivity contribution < 1.29 is 9.15 Å². The maximum absolute atomic E-state index is 5.62. The molecule has 0 aromatic carbocycles. The molecule has 1 heterocycles. The van der Waals surface area contributed by atoms with Crippen LogP contribution in [0.1, 0.15) is 57.1 Å². The zero-order chi connectivity index (χ0) is 14.3. The van der Waals surface area contributed by atoms with Crippen molar-refractivity contribution in [1.29, 1.82) is 0 Å². The molecular formula is C18H29NO2. The molecule has 3 rings (SSSR count). The van der Waals surface area contributed by atoms with Gasteiger partial charge >= 0.3 is 0 Å². The Bertz CT molecular complexity index is 390. The second-order valence-corrected chi connectivity index (χ2v) is 6.75. The number of hydrogen-bond donors (Lipinski definition) is 1. The molecule has 1 aromatic rings. The van der Waals surface area contributed by atoms with Crippen LogP contribution in [-0.4, -0.2) is 19.2 Å². The van der Waals surface area contributed by atoms with Gasteiger partial charge in [-0.3, -0.25) is 0 Å². The number of hydrogen-bond acceptors (Lipinski definition) is 3. The Hall–Kier alpha value is -0.800. The average Bonchev–Trinajstić information content (AvgIpc) is 3.04. The summed E-state index contributed by atoms with van der Waals surface area (Å²) in [6.45, 7) is 2.49. The maximum atomic E-state index is 5.62. The van der Waals surface area contributed by atoms with E-state index in [0.717, 1.165) is 43.2 Å². The standard InChI is InChI=1S/C18H29NO2/c1-2-6-16-13-17(9-8-15(16)5-1)19-10-4-11-20-14-18-7-3-12-21-18/h3,7,12,15-17,19H,1-2,4-6,8-11,13-14H2. The van der Waals surface area contributed by atoms with Crippen LogP contribution in [-0.2, 0) is 11.3 Å². The number of fused-ring (bicyclic) bond motifs is 1. The lowest BCUT2D eigenvalue weighted by Gasteiger charge is -2.39. The topological polar surface area (TPSA) is 34.4 Å². The lowest BCUT2D eigenvalue weighted by atomic mass is 9.69. The molecule has 0 spiro atoms. The zero-order valence-electron chi connectivity index (χ0n) is 13.1. The Morgan fingerprint density at radius 3 is 2.90 bits per heavy atom. The molecule has 2 aliphatic carbocycles. The van der Waals surface area contributed by atoms with Crippen LogP contribution in [0, 0.1) is 11.8 Å². The molecule has 3 heteroatoms. The first kappa shape index (κ1) is 15.1. The van der Waals surface area contributed by atoms with E-state index in [4.69, 9.17) is 9.15 Å². The van der Waals surface area contributed by atoms with Gasteiger partial charge in [0.2, 0.25) is 0 Å². The van der Waals surface area contributed by atoms with E-state index in [1.807, 2.05) is 12.1 Å². The Morgan fingerprint density at radius 2 is 2.05 bits per heavy atom. The Balaban J connectivity index is 1.24. The number of furan rings is 1. The van der Waals surface area contributed by atoms with Crippen LogP contribution < -0.4 is 5.32 Å². The normalized spacial score (nSPS) is 29.2. The molecule has 3 unspecified atom stereocenters. The van der Waals surface area contributed by atoms with E-state index in [1.54, 1.807) is 6.26 Å². The fraction of sp³-hybridized carbons (Fsp3) is 0.778. The van der Waals surface area contributed by atoms with Crippen LogP contribution in [0.3, 0.4) is 0 Å². The van der Waals surface area contributed by atoms with Gasteiger partial charge in [0.25, 0.3) is 0 Å². The number of ether oxygens (including phenoxy) is 1. The molecule has 0 radical (unpaired) electrons. The predicted octanol–water partition coefficient (Wildman–Crippen LogP) is 4.13.